The van der Waals surface area contributed by atoms with Crippen LogP contribution in [-0.4, -0.2) is 20.1 Å². The Bertz CT molecular complexity index is 718. The van der Waals surface area contributed by atoms with Gasteiger partial charge < -0.3 is 9.51 Å². The van der Waals surface area contributed by atoms with Crippen LogP contribution in [0.3, 0.4) is 0 Å². The fourth-order valence-corrected chi connectivity index (χ4v) is 1.53. The van der Waals surface area contributed by atoms with Crippen LogP contribution >= 0.6 is 0 Å². The van der Waals surface area contributed by atoms with Crippen molar-refractivity contribution in [2.24, 2.45) is 0 Å². The van der Waals surface area contributed by atoms with E-state index in [-0.39, 0.29) is 5.56 Å². The van der Waals surface area contributed by atoms with Gasteiger partial charge in [-0.15, -0.1) is 0 Å². The molecule has 0 aliphatic carbocycles. The van der Waals surface area contributed by atoms with E-state index in [1.165, 1.54) is 12.3 Å². The predicted octanol–water partition coefficient (Wildman–Crippen LogP) is 1.49. The van der Waals surface area contributed by atoms with Crippen molar-refractivity contribution in [3.8, 4) is 22.8 Å². The van der Waals surface area contributed by atoms with Crippen molar-refractivity contribution >= 4 is 0 Å². The van der Waals surface area contributed by atoms with E-state index in [4.69, 9.17) is 4.52 Å². The monoisotopic (exact) mass is 240 g/mol. The summed E-state index contributed by atoms with van der Waals surface area (Å²) >= 11 is 0. The molecule has 88 valence electrons. The van der Waals surface area contributed by atoms with Gasteiger partial charge in [-0.05, 0) is 18.2 Å². The summed E-state index contributed by atoms with van der Waals surface area (Å²) in [6.07, 6.45) is 4.85. The van der Waals surface area contributed by atoms with Crippen molar-refractivity contribution in [3.05, 3.63) is 53.2 Å². The zero-order valence-corrected chi connectivity index (χ0v) is 9.20. The van der Waals surface area contributed by atoms with E-state index < -0.39 is 0 Å². The van der Waals surface area contributed by atoms with Crippen molar-refractivity contribution in [3.63, 3.8) is 0 Å². The van der Waals surface area contributed by atoms with E-state index in [1.54, 1.807) is 24.5 Å². The lowest BCUT2D eigenvalue weighted by Gasteiger charge is -1.91. The summed E-state index contributed by atoms with van der Waals surface area (Å²) in [5.74, 6) is 0.748. The second-order valence-electron chi connectivity index (χ2n) is 3.61. The molecule has 3 rings (SSSR count). The number of nitrogens with zero attached hydrogens (tertiary/aromatic N) is 3. The highest BCUT2D eigenvalue weighted by atomic mass is 16.5. The van der Waals surface area contributed by atoms with Gasteiger partial charge in [-0.2, -0.15) is 4.98 Å². The summed E-state index contributed by atoms with van der Waals surface area (Å²) in [5.41, 5.74) is 1.13. The molecule has 0 saturated heterocycles. The Hall–Kier alpha value is -2.76. The minimum absolute atomic E-state index is 0.214. The van der Waals surface area contributed by atoms with Crippen LogP contribution < -0.4 is 5.56 Å². The Morgan fingerprint density at radius 3 is 2.94 bits per heavy atom. The van der Waals surface area contributed by atoms with Crippen molar-refractivity contribution in [1.82, 2.24) is 20.1 Å². The lowest BCUT2D eigenvalue weighted by atomic mass is 10.2. The molecule has 0 aromatic carbocycles. The fraction of sp³-hybridized carbons (Fsp3) is 0. The lowest BCUT2D eigenvalue weighted by molar-refractivity contribution is 0.432. The molecule has 3 aromatic rings. The predicted molar refractivity (Wildman–Crippen MR) is 63.6 cm³/mol. The molecule has 0 saturated carbocycles. The molecule has 0 amide bonds. The van der Waals surface area contributed by atoms with Crippen molar-refractivity contribution in [2.45, 2.75) is 0 Å². The Labute approximate surface area is 101 Å². The molecule has 0 aliphatic heterocycles. The SMILES string of the molecule is O=c1cc(-c2nc(-c3cccnc3)no2)cc[nH]1. The minimum atomic E-state index is -0.214. The summed E-state index contributed by atoms with van der Waals surface area (Å²) in [5, 5.41) is 3.85. The quantitative estimate of drug-likeness (QED) is 0.733. The van der Waals surface area contributed by atoms with E-state index in [2.05, 4.69) is 20.1 Å². The highest BCUT2D eigenvalue weighted by Gasteiger charge is 2.10. The molecule has 6 heteroatoms. The zero-order valence-electron chi connectivity index (χ0n) is 9.20. The Morgan fingerprint density at radius 2 is 2.17 bits per heavy atom. The van der Waals surface area contributed by atoms with Crippen molar-refractivity contribution < 1.29 is 4.52 Å². The smallest absolute Gasteiger partial charge is 0.258 e. The molecule has 1 N–H and O–H groups in total. The Kier molecular flexibility index (Phi) is 2.45. The third-order valence-corrected chi connectivity index (χ3v) is 2.37. The number of nitrogens with one attached hydrogen (secondary N) is 1. The topological polar surface area (TPSA) is 84.7 Å². The van der Waals surface area contributed by atoms with Gasteiger partial charge in [-0.1, -0.05) is 5.16 Å². The standard InChI is InChI=1S/C12H8N4O2/c17-10-6-8(3-5-14-10)12-15-11(16-18-12)9-2-1-4-13-7-9/h1-7H,(H,14,17). The molecule has 0 atom stereocenters. The van der Waals surface area contributed by atoms with Gasteiger partial charge in [0.1, 0.15) is 0 Å². The van der Waals surface area contributed by atoms with Crippen LogP contribution in [0.25, 0.3) is 22.8 Å². The van der Waals surface area contributed by atoms with Crippen LogP contribution in [0.2, 0.25) is 0 Å². The first-order valence-electron chi connectivity index (χ1n) is 5.26. The number of pyridine rings is 2. The average Bonchev–Trinajstić information content (AvgIpc) is 2.89. The third kappa shape index (κ3) is 1.91. The minimum Gasteiger partial charge on any atom is -0.334 e. The maximum absolute atomic E-state index is 11.2. The summed E-state index contributed by atoms with van der Waals surface area (Å²) in [6.45, 7) is 0. The maximum atomic E-state index is 11.2. The van der Waals surface area contributed by atoms with Gasteiger partial charge in [0.05, 0.1) is 0 Å². The highest BCUT2D eigenvalue weighted by molar-refractivity contribution is 5.58. The van der Waals surface area contributed by atoms with Gasteiger partial charge in [0.25, 0.3) is 5.89 Å². The second-order valence-corrected chi connectivity index (χ2v) is 3.61. The number of rotatable bonds is 2. The van der Waals surface area contributed by atoms with Gasteiger partial charge in [-0.25, -0.2) is 0 Å². The normalized spacial score (nSPS) is 10.4. The van der Waals surface area contributed by atoms with Gasteiger partial charge >= 0.3 is 0 Å². The summed E-state index contributed by atoms with van der Waals surface area (Å²) < 4.78 is 5.12. The molecule has 3 heterocycles. The van der Waals surface area contributed by atoms with Gasteiger partial charge in [0.15, 0.2) is 0 Å². The second kappa shape index (κ2) is 4.25. The van der Waals surface area contributed by atoms with E-state index in [0.717, 1.165) is 5.56 Å². The van der Waals surface area contributed by atoms with Crippen LogP contribution in [-0.2, 0) is 0 Å². The number of aromatic nitrogens is 4. The van der Waals surface area contributed by atoms with Crippen LogP contribution in [0.5, 0.6) is 0 Å². The first-order valence-corrected chi connectivity index (χ1v) is 5.26. The molecule has 6 nitrogen and oxygen atoms in total. The van der Waals surface area contributed by atoms with Crippen LogP contribution in [0, 0.1) is 0 Å². The zero-order chi connectivity index (χ0) is 12.4. The first kappa shape index (κ1) is 10.4. The van der Waals surface area contributed by atoms with Gasteiger partial charge in [-0.3, -0.25) is 9.78 Å². The molecular formula is C12H8N4O2. The summed E-state index contributed by atoms with van der Waals surface area (Å²) in [7, 11) is 0. The molecule has 0 fully saturated rings. The van der Waals surface area contributed by atoms with Crippen LogP contribution in [0.1, 0.15) is 0 Å². The van der Waals surface area contributed by atoms with E-state index in [1.807, 2.05) is 6.07 Å². The number of H-pyrrole nitrogens is 1. The number of aromatic amines is 1. The largest absolute Gasteiger partial charge is 0.334 e. The van der Waals surface area contributed by atoms with Crippen molar-refractivity contribution in [2.75, 3.05) is 0 Å². The Balaban J connectivity index is 2.02. The average molecular weight is 240 g/mol. The molecule has 0 bridgehead atoms. The molecule has 3 aromatic heterocycles. The molecule has 0 spiro atoms. The molecular weight excluding hydrogens is 232 g/mol. The van der Waals surface area contributed by atoms with Gasteiger partial charge in [0.2, 0.25) is 11.4 Å². The van der Waals surface area contributed by atoms with Crippen LogP contribution in [0.15, 0.2) is 52.2 Å². The van der Waals surface area contributed by atoms with Crippen LogP contribution in [0.4, 0.5) is 0 Å². The lowest BCUT2D eigenvalue weighted by Crippen LogP contribution is -2.01. The summed E-state index contributed by atoms with van der Waals surface area (Å²) in [6, 6.07) is 6.72. The van der Waals surface area contributed by atoms with E-state index in [0.29, 0.717) is 17.3 Å². The molecule has 0 unspecified atom stereocenters. The molecule has 18 heavy (non-hydrogen) atoms. The highest BCUT2D eigenvalue weighted by Crippen LogP contribution is 2.19. The maximum Gasteiger partial charge on any atom is 0.258 e. The van der Waals surface area contributed by atoms with E-state index >= 15 is 0 Å². The Morgan fingerprint density at radius 1 is 1.22 bits per heavy atom. The molecule has 0 radical (unpaired) electrons. The third-order valence-electron chi connectivity index (χ3n) is 2.37. The first-order chi connectivity index (χ1) is 8.83. The summed E-state index contributed by atoms with van der Waals surface area (Å²) in [4.78, 5) is 21.9. The fourth-order valence-electron chi connectivity index (χ4n) is 1.53. The van der Waals surface area contributed by atoms with Crippen molar-refractivity contribution in [1.29, 1.82) is 0 Å². The van der Waals surface area contributed by atoms with E-state index in [9.17, 15) is 4.79 Å². The molecule has 0 aliphatic rings. The number of hydrogen-bond acceptors (Lipinski definition) is 5. The van der Waals surface area contributed by atoms with Gasteiger partial charge in [0, 0.05) is 35.8 Å². The number of hydrogen-bond donors (Lipinski definition) is 1.